The Morgan fingerprint density at radius 1 is 1.32 bits per heavy atom. The third-order valence-corrected chi connectivity index (χ3v) is 4.60. The summed E-state index contributed by atoms with van der Waals surface area (Å²) in [5, 5.41) is 3.06. The maximum Gasteiger partial charge on any atom is 0.236 e. The summed E-state index contributed by atoms with van der Waals surface area (Å²) in [6.45, 7) is 9.72. The minimum atomic E-state index is -0.344. The third-order valence-electron chi connectivity index (χ3n) is 4.60. The first-order valence-corrected chi connectivity index (χ1v) is 7.02. The van der Waals surface area contributed by atoms with Crippen LogP contribution in [0, 0.1) is 0 Å². The van der Waals surface area contributed by atoms with Gasteiger partial charge in [0, 0.05) is 23.8 Å². The average Bonchev–Trinajstić information content (AvgIpc) is 2.80. The maximum absolute atomic E-state index is 12.5. The fourth-order valence-corrected chi connectivity index (χ4v) is 3.76. The fraction of sp³-hybridized carbons (Fsp3) is 0.562. The van der Waals surface area contributed by atoms with E-state index in [1.807, 2.05) is 18.2 Å². The van der Waals surface area contributed by atoms with Gasteiger partial charge in [-0.3, -0.25) is 9.69 Å². The van der Waals surface area contributed by atoms with E-state index in [4.69, 9.17) is 0 Å². The summed E-state index contributed by atoms with van der Waals surface area (Å²) in [6, 6.07) is 8.55. The smallest absolute Gasteiger partial charge is 0.236 e. The van der Waals surface area contributed by atoms with Crippen LogP contribution in [0.15, 0.2) is 24.3 Å². The van der Waals surface area contributed by atoms with Crippen LogP contribution in [0.25, 0.3) is 0 Å². The Balaban J connectivity index is 2.05. The molecule has 2 aliphatic heterocycles. The number of hydrogen-bond donors (Lipinski definition) is 1. The number of carbonyl (C=O) groups is 1. The van der Waals surface area contributed by atoms with Gasteiger partial charge in [0.1, 0.15) is 0 Å². The first-order valence-electron chi connectivity index (χ1n) is 7.02. The molecule has 0 unspecified atom stereocenters. The number of fused-ring (bicyclic) bond motifs is 2. The number of amides is 1. The summed E-state index contributed by atoms with van der Waals surface area (Å²) in [7, 11) is 0. The number of likely N-dealkylation sites (tertiary alicyclic amines) is 1. The van der Waals surface area contributed by atoms with Crippen molar-refractivity contribution < 1.29 is 4.79 Å². The molecule has 1 fully saturated rings. The maximum atomic E-state index is 12.5. The molecule has 3 heteroatoms. The van der Waals surface area contributed by atoms with Crippen LogP contribution in [0.2, 0.25) is 0 Å². The zero-order valence-electron chi connectivity index (χ0n) is 12.2. The first-order chi connectivity index (χ1) is 8.84. The van der Waals surface area contributed by atoms with Crippen molar-refractivity contribution in [3.8, 4) is 0 Å². The SMILES string of the molecule is C[C@H]1C[C@]2(CN1C(C)(C)C)C(=O)Nc1ccccc12. The van der Waals surface area contributed by atoms with E-state index in [-0.39, 0.29) is 16.9 Å². The molecule has 2 atom stereocenters. The van der Waals surface area contributed by atoms with Gasteiger partial charge in [-0.25, -0.2) is 0 Å². The molecule has 0 bridgehead atoms. The van der Waals surface area contributed by atoms with Crippen molar-refractivity contribution in [2.45, 2.75) is 51.1 Å². The number of anilines is 1. The highest BCUT2D eigenvalue weighted by molar-refractivity contribution is 6.06. The molecule has 0 radical (unpaired) electrons. The minimum Gasteiger partial charge on any atom is -0.325 e. The normalized spacial score (nSPS) is 30.7. The lowest BCUT2D eigenvalue weighted by molar-refractivity contribution is -0.120. The number of rotatable bonds is 0. The molecule has 3 nitrogen and oxygen atoms in total. The Labute approximate surface area is 115 Å². The van der Waals surface area contributed by atoms with Crippen molar-refractivity contribution in [2.75, 3.05) is 11.9 Å². The molecule has 1 amide bonds. The van der Waals surface area contributed by atoms with E-state index in [0.29, 0.717) is 6.04 Å². The quantitative estimate of drug-likeness (QED) is 0.776. The zero-order chi connectivity index (χ0) is 13.8. The van der Waals surface area contributed by atoms with Gasteiger partial charge in [-0.1, -0.05) is 18.2 Å². The molecule has 0 aromatic heterocycles. The molecule has 102 valence electrons. The van der Waals surface area contributed by atoms with Gasteiger partial charge in [-0.05, 0) is 45.7 Å². The van der Waals surface area contributed by atoms with Gasteiger partial charge in [-0.15, -0.1) is 0 Å². The highest BCUT2D eigenvalue weighted by Crippen LogP contribution is 2.47. The monoisotopic (exact) mass is 258 g/mol. The van der Waals surface area contributed by atoms with Gasteiger partial charge < -0.3 is 5.32 Å². The van der Waals surface area contributed by atoms with Crippen LogP contribution in [-0.4, -0.2) is 28.9 Å². The Hall–Kier alpha value is -1.35. The van der Waals surface area contributed by atoms with Gasteiger partial charge in [0.25, 0.3) is 0 Å². The number of benzene rings is 1. The van der Waals surface area contributed by atoms with Gasteiger partial charge >= 0.3 is 0 Å². The van der Waals surface area contributed by atoms with Gasteiger partial charge in [0.2, 0.25) is 5.91 Å². The number of nitrogens with one attached hydrogen (secondary N) is 1. The highest BCUT2D eigenvalue weighted by Gasteiger charge is 2.54. The molecule has 1 saturated heterocycles. The summed E-state index contributed by atoms with van der Waals surface area (Å²) < 4.78 is 0. The van der Waals surface area contributed by atoms with Gasteiger partial charge in [0.15, 0.2) is 0 Å². The fourth-order valence-electron chi connectivity index (χ4n) is 3.76. The Bertz CT molecular complexity index is 532. The predicted octanol–water partition coefficient (Wildman–Crippen LogP) is 2.77. The predicted molar refractivity (Wildman–Crippen MR) is 77.3 cm³/mol. The Morgan fingerprint density at radius 2 is 2.00 bits per heavy atom. The molecular formula is C16H22N2O. The second kappa shape index (κ2) is 3.83. The standard InChI is InChI=1S/C16H22N2O/c1-11-9-16(10-18(11)15(2,3)4)12-7-5-6-8-13(12)17-14(16)19/h5-8,11H,9-10H2,1-4H3,(H,17,19)/t11-,16+/m0/s1. The van der Waals surface area contributed by atoms with Crippen molar-refractivity contribution in [2.24, 2.45) is 0 Å². The topological polar surface area (TPSA) is 32.3 Å². The van der Waals surface area contributed by atoms with E-state index in [2.05, 4.69) is 44.0 Å². The number of nitrogens with zero attached hydrogens (tertiary/aromatic N) is 1. The van der Waals surface area contributed by atoms with E-state index in [1.165, 1.54) is 5.56 Å². The van der Waals surface area contributed by atoms with Crippen LogP contribution in [0.5, 0.6) is 0 Å². The third kappa shape index (κ3) is 1.71. The number of para-hydroxylation sites is 1. The van der Waals surface area contributed by atoms with Crippen LogP contribution in [0.1, 0.15) is 39.7 Å². The molecule has 0 aliphatic carbocycles. The Kier molecular flexibility index (Phi) is 2.55. The molecule has 0 saturated carbocycles. The van der Waals surface area contributed by atoms with Crippen LogP contribution in [0.4, 0.5) is 5.69 Å². The van der Waals surface area contributed by atoms with E-state index >= 15 is 0 Å². The number of carbonyl (C=O) groups excluding carboxylic acids is 1. The average molecular weight is 258 g/mol. The zero-order valence-corrected chi connectivity index (χ0v) is 12.2. The molecule has 1 spiro atoms. The second-order valence-electron chi connectivity index (χ2n) is 6.93. The Morgan fingerprint density at radius 3 is 2.63 bits per heavy atom. The summed E-state index contributed by atoms with van der Waals surface area (Å²) in [4.78, 5) is 15.0. The molecule has 19 heavy (non-hydrogen) atoms. The van der Waals surface area contributed by atoms with Crippen molar-refractivity contribution in [3.63, 3.8) is 0 Å². The summed E-state index contributed by atoms with van der Waals surface area (Å²) in [5.41, 5.74) is 1.93. The molecule has 2 heterocycles. The lowest BCUT2D eigenvalue weighted by Crippen LogP contribution is -2.46. The summed E-state index contributed by atoms with van der Waals surface area (Å²) >= 11 is 0. The van der Waals surface area contributed by atoms with Crippen LogP contribution >= 0.6 is 0 Å². The van der Waals surface area contributed by atoms with Crippen LogP contribution in [-0.2, 0) is 10.2 Å². The van der Waals surface area contributed by atoms with Crippen molar-refractivity contribution in [1.29, 1.82) is 0 Å². The van der Waals surface area contributed by atoms with Gasteiger partial charge in [-0.2, -0.15) is 0 Å². The van der Waals surface area contributed by atoms with Crippen molar-refractivity contribution in [3.05, 3.63) is 29.8 Å². The molecule has 1 aromatic rings. The molecule has 1 N–H and O–H groups in total. The second-order valence-corrected chi connectivity index (χ2v) is 6.93. The van der Waals surface area contributed by atoms with Crippen molar-refractivity contribution >= 4 is 11.6 Å². The molecular weight excluding hydrogens is 236 g/mol. The molecule has 1 aromatic carbocycles. The summed E-state index contributed by atoms with van der Waals surface area (Å²) in [6.07, 6.45) is 0.910. The van der Waals surface area contributed by atoms with Crippen LogP contribution < -0.4 is 5.32 Å². The lowest BCUT2D eigenvalue weighted by Gasteiger charge is -2.36. The number of hydrogen-bond acceptors (Lipinski definition) is 2. The first kappa shape index (κ1) is 12.7. The summed E-state index contributed by atoms with van der Waals surface area (Å²) in [5.74, 6) is 0.173. The van der Waals surface area contributed by atoms with E-state index < -0.39 is 0 Å². The minimum absolute atomic E-state index is 0.0979. The largest absolute Gasteiger partial charge is 0.325 e. The van der Waals surface area contributed by atoms with E-state index in [1.54, 1.807) is 0 Å². The van der Waals surface area contributed by atoms with E-state index in [9.17, 15) is 4.79 Å². The van der Waals surface area contributed by atoms with Gasteiger partial charge in [0.05, 0.1) is 5.41 Å². The molecule has 3 rings (SSSR count). The van der Waals surface area contributed by atoms with Crippen molar-refractivity contribution in [1.82, 2.24) is 4.90 Å². The van der Waals surface area contributed by atoms with Crippen LogP contribution in [0.3, 0.4) is 0 Å². The van der Waals surface area contributed by atoms with E-state index in [0.717, 1.165) is 18.7 Å². The molecule has 2 aliphatic rings. The highest BCUT2D eigenvalue weighted by atomic mass is 16.2. The lowest BCUT2D eigenvalue weighted by atomic mass is 9.80.